The third-order valence-electron chi connectivity index (χ3n) is 3.59. The van der Waals surface area contributed by atoms with Crippen molar-refractivity contribution in [2.75, 3.05) is 46.8 Å². The first-order chi connectivity index (χ1) is 9.08. The second-order valence-corrected chi connectivity index (χ2v) is 5.20. The molecule has 0 radical (unpaired) electrons. The summed E-state index contributed by atoms with van der Waals surface area (Å²) in [6, 6.07) is 3.78. The number of halogens is 2. The lowest BCUT2D eigenvalue weighted by atomic mass is 10.0. The molecule has 106 valence electrons. The number of hydrogen-bond donors (Lipinski definition) is 1. The lowest BCUT2D eigenvalue weighted by Crippen LogP contribution is -2.46. The number of nitrogens with zero attached hydrogens (tertiary/aromatic N) is 2. The van der Waals surface area contributed by atoms with E-state index in [-0.39, 0.29) is 6.04 Å². The topological polar surface area (TPSA) is 18.5 Å². The van der Waals surface area contributed by atoms with Gasteiger partial charge in [0.15, 0.2) is 0 Å². The van der Waals surface area contributed by atoms with Gasteiger partial charge < -0.3 is 10.2 Å². The Bertz CT molecular complexity index is 417. The maximum Gasteiger partial charge on any atom is 0.130 e. The van der Waals surface area contributed by atoms with Gasteiger partial charge in [-0.05, 0) is 20.2 Å². The first-order valence-electron chi connectivity index (χ1n) is 6.62. The number of benzene rings is 1. The van der Waals surface area contributed by atoms with Gasteiger partial charge in [-0.2, -0.15) is 0 Å². The molecule has 0 spiro atoms. The number of likely N-dealkylation sites (N-methyl/N-ethyl adjacent to an activating group) is 1. The van der Waals surface area contributed by atoms with Gasteiger partial charge in [0.25, 0.3) is 0 Å². The van der Waals surface area contributed by atoms with E-state index < -0.39 is 11.6 Å². The van der Waals surface area contributed by atoms with Crippen molar-refractivity contribution in [3.05, 3.63) is 35.4 Å². The number of piperazine rings is 1. The van der Waals surface area contributed by atoms with Gasteiger partial charge in [0.1, 0.15) is 11.6 Å². The summed E-state index contributed by atoms with van der Waals surface area (Å²) in [6.07, 6.45) is 0. The molecule has 1 heterocycles. The van der Waals surface area contributed by atoms with E-state index in [9.17, 15) is 8.78 Å². The van der Waals surface area contributed by atoms with E-state index in [2.05, 4.69) is 10.2 Å². The van der Waals surface area contributed by atoms with E-state index in [0.29, 0.717) is 5.56 Å². The zero-order chi connectivity index (χ0) is 13.8. The molecule has 0 aliphatic carbocycles. The van der Waals surface area contributed by atoms with Crippen LogP contribution in [0.5, 0.6) is 0 Å². The van der Waals surface area contributed by atoms with E-state index in [0.717, 1.165) is 38.8 Å². The summed E-state index contributed by atoms with van der Waals surface area (Å²) >= 11 is 0. The van der Waals surface area contributed by atoms with Gasteiger partial charge in [-0.25, -0.2) is 8.78 Å². The molecule has 1 fully saturated rings. The Morgan fingerprint density at radius 1 is 1.26 bits per heavy atom. The molecular weight excluding hydrogens is 248 g/mol. The summed E-state index contributed by atoms with van der Waals surface area (Å²) in [6.45, 7) is 4.62. The fourth-order valence-electron chi connectivity index (χ4n) is 2.45. The van der Waals surface area contributed by atoms with Gasteiger partial charge in [0, 0.05) is 50.4 Å². The van der Waals surface area contributed by atoms with Gasteiger partial charge in [-0.15, -0.1) is 0 Å². The Labute approximate surface area is 113 Å². The van der Waals surface area contributed by atoms with Crippen molar-refractivity contribution in [2.45, 2.75) is 6.04 Å². The molecule has 1 saturated heterocycles. The minimum absolute atomic E-state index is 0.0568. The molecule has 1 N–H and O–H groups in total. The van der Waals surface area contributed by atoms with Crippen LogP contribution in [-0.2, 0) is 0 Å². The highest BCUT2D eigenvalue weighted by Gasteiger charge is 2.22. The summed E-state index contributed by atoms with van der Waals surface area (Å²) in [5.74, 6) is -0.991. The highest BCUT2D eigenvalue weighted by Crippen LogP contribution is 2.23. The van der Waals surface area contributed by atoms with Crippen LogP contribution in [0, 0.1) is 11.6 Å². The van der Waals surface area contributed by atoms with Gasteiger partial charge in [0.2, 0.25) is 0 Å². The largest absolute Gasteiger partial charge is 0.314 e. The second-order valence-electron chi connectivity index (χ2n) is 5.20. The monoisotopic (exact) mass is 269 g/mol. The van der Waals surface area contributed by atoms with Crippen molar-refractivity contribution in [3.63, 3.8) is 0 Å². The average molecular weight is 269 g/mol. The SMILES string of the molecule is CN(C)C(CN1CCNCC1)c1ccc(F)cc1F. The van der Waals surface area contributed by atoms with Crippen LogP contribution >= 0.6 is 0 Å². The van der Waals surface area contributed by atoms with E-state index in [1.165, 1.54) is 6.07 Å². The molecule has 0 saturated carbocycles. The predicted octanol–water partition coefficient (Wildman–Crippen LogP) is 1.47. The van der Waals surface area contributed by atoms with Crippen LogP contribution in [0.25, 0.3) is 0 Å². The molecule has 3 nitrogen and oxygen atoms in total. The summed E-state index contributed by atoms with van der Waals surface area (Å²) in [5, 5.41) is 3.30. The lowest BCUT2D eigenvalue weighted by Gasteiger charge is -2.34. The Morgan fingerprint density at radius 2 is 1.95 bits per heavy atom. The van der Waals surface area contributed by atoms with Gasteiger partial charge in [-0.3, -0.25) is 4.90 Å². The van der Waals surface area contributed by atoms with Gasteiger partial charge >= 0.3 is 0 Å². The fourth-order valence-corrected chi connectivity index (χ4v) is 2.45. The van der Waals surface area contributed by atoms with Crippen molar-refractivity contribution in [3.8, 4) is 0 Å². The molecule has 1 atom stereocenters. The normalized spacial score (nSPS) is 18.8. The van der Waals surface area contributed by atoms with Crippen LogP contribution in [0.1, 0.15) is 11.6 Å². The minimum atomic E-state index is -0.527. The molecule has 1 aliphatic heterocycles. The van der Waals surface area contributed by atoms with Crippen molar-refractivity contribution in [2.24, 2.45) is 0 Å². The highest BCUT2D eigenvalue weighted by atomic mass is 19.1. The molecular formula is C14H21F2N3. The summed E-state index contributed by atoms with van der Waals surface area (Å²) in [5.41, 5.74) is 0.560. The quantitative estimate of drug-likeness (QED) is 0.893. The summed E-state index contributed by atoms with van der Waals surface area (Å²) in [4.78, 5) is 4.29. The Morgan fingerprint density at radius 3 is 2.53 bits per heavy atom. The van der Waals surface area contributed by atoms with Crippen molar-refractivity contribution >= 4 is 0 Å². The van der Waals surface area contributed by atoms with Crippen LogP contribution in [0.4, 0.5) is 8.78 Å². The molecule has 1 unspecified atom stereocenters. The lowest BCUT2D eigenvalue weighted by molar-refractivity contribution is 0.166. The molecule has 19 heavy (non-hydrogen) atoms. The van der Waals surface area contributed by atoms with E-state index in [4.69, 9.17) is 0 Å². The second kappa shape index (κ2) is 6.41. The predicted molar refractivity (Wildman–Crippen MR) is 72.1 cm³/mol. The van der Waals surface area contributed by atoms with Crippen LogP contribution < -0.4 is 5.32 Å². The van der Waals surface area contributed by atoms with Crippen LogP contribution in [-0.4, -0.2) is 56.6 Å². The summed E-state index contributed by atoms with van der Waals surface area (Å²) < 4.78 is 26.9. The standard InChI is InChI=1S/C14H21F2N3/c1-18(2)14(10-19-7-5-17-6-8-19)12-4-3-11(15)9-13(12)16/h3-4,9,14,17H,5-8,10H2,1-2H3. The molecule has 0 amide bonds. The molecule has 5 heteroatoms. The highest BCUT2D eigenvalue weighted by molar-refractivity contribution is 5.22. The van der Waals surface area contributed by atoms with E-state index in [1.54, 1.807) is 6.07 Å². The third kappa shape index (κ3) is 3.72. The number of nitrogens with one attached hydrogen (secondary N) is 1. The first-order valence-corrected chi connectivity index (χ1v) is 6.62. The van der Waals surface area contributed by atoms with Gasteiger partial charge in [0.05, 0.1) is 0 Å². The van der Waals surface area contributed by atoms with Crippen LogP contribution in [0.3, 0.4) is 0 Å². The van der Waals surface area contributed by atoms with Crippen LogP contribution in [0.2, 0.25) is 0 Å². The smallest absolute Gasteiger partial charge is 0.130 e. The molecule has 0 aromatic heterocycles. The van der Waals surface area contributed by atoms with Gasteiger partial charge in [-0.1, -0.05) is 6.07 Å². The van der Waals surface area contributed by atoms with Crippen molar-refractivity contribution < 1.29 is 8.78 Å². The Hall–Kier alpha value is -1.04. The van der Waals surface area contributed by atoms with Crippen molar-refractivity contribution in [1.82, 2.24) is 15.1 Å². The molecule has 1 aliphatic rings. The Balaban J connectivity index is 2.14. The van der Waals surface area contributed by atoms with Crippen LogP contribution in [0.15, 0.2) is 18.2 Å². The third-order valence-corrected chi connectivity index (χ3v) is 3.59. The molecule has 2 rings (SSSR count). The van der Waals surface area contributed by atoms with Crippen molar-refractivity contribution in [1.29, 1.82) is 0 Å². The molecule has 1 aromatic carbocycles. The summed E-state index contributed by atoms with van der Waals surface area (Å²) in [7, 11) is 3.85. The molecule has 1 aromatic rings. The maximum atomic E-state index is 13.9. The van der Waals surface area contributed by atoms with E-state index in [1.807, 2.05) is 19.0 Å². The zero-order valence-electron chi connectivity index (χ0n) is 11.5. The first kappa shape index (κ1) is 14.4. The zero-order valence-corrected chi connectivity index (χ0v) is 11.5. The minimum Gasteiger partial charge on any atom is -0.314 e. The number of rotatable bonds is 4. The average Bonchev–Trinajstić information content (AvgIpc) is 2.38. The number of hydrogen-bond acceptors (Lipinski definition) is 3. The fraction of sp³-hybridized carbons (Fsp3) is 0.571. The Kier molecular flexibility index (Phi) is 4.85. The molecule has 0 bridgehead atoms. The maximum absolute atomic E-state index is 13.9. The van der Waals surface area contributed by atoms with E-state index >= 15 is 0 Å².